The smallest absolute Gasteiger partial charge is 0.326 e. The summed E-state index contributed by atoms with van der Waals surface area (Å²) >= 11 is 1.72. The summed E-state index contributed by atoms with van der Waals surface area (Å²) in [5.41, 5.74) is -0.464. The molecule has 1 aliphatic carbocycles. The Morgan fingerprint density at radius 1 is 1.58 bits per heavy atom. The molecule has 1 aliphatic rings. The average Bonchev–Trinajstić information content (AvgIpc) is 3.06. The van der Waals surface area contributed by atoms with Crippen LogP contribution in [0.5, 0.6) is 0 Å². The van der Waals surface area contributed by atoms with Crippen LogP contribution in [0.2, 0.25) is 0 Å². The molecule has 0 radical (unpaired) electrons. The molecular formula is C15H23NO2S. The molecule has 0 saturated heterocycles. The topological polar surface area (TPSA) is 38.3 Å². The third kappa shape index (κ3) is 3.00. The molecule has 2 atom stereocenters. The highest BCUT2D eigenvalue weighted by Crippen LogP contribution is 2.39. The largest absolute Gasteiger partial charge is 0.465 e. The van der Waals surface area contributed by atoms with Crippen LogP contribution in [0.25, 0.3) is 0 Å². The van der Waals surface area contributed by atoms with Gasteiger partial charge in [0.2, 0.25) is 0 Å². The number of hydrogen-bond donors (Lipinski definition) is 1. The summed E-state index contributed by atoms with van der Waals surface area (Å²) < 4.78 is 5.33. The van der Waals surface area contributed by atoms with Crippen LogP contribution in [0.15, 0.2) is 17.5 Å². The summed E-state index contributed by atoms with van der Waals surface area (Å²) in [5, 5.41) is 5.59. The van der Waals surface area contributed by atoms with E-state index in [2.05, 4.69) is 23.7 Å². The number of nitrogens with one attached hydrogen (secondary N) is 1. The summed E-state index contributed by atoms with van der Waals surface area (Å²) in [6.07, 6.45) is 4.15. The van der Waals surface area contributed by atoms with E-state index in [1.54, 1.807) is 11.3 Å². The maximum absolute atomic E-state index is 12.4. The number of esters is 1. The van der Waals surface area contributed by atoms with Gasteiger partial charge in [-0.3, -0.25) is 10.1 Å². The first-order valence-corrected chi connectivity index (χ1v) is 8.05. The van der Waals surface area contributed by atoms with Crippen molar-refractivity contribution in [1.82, 2.24) is 5.32 Å². The van der Waals surface area contributed by atoms with Gasteiger partial charge >= 0.3 is 5.97 Å². The fourth-order valence-corrected chi connectivity index (χ4v) is 3.77. The molecule has 0 aromatic carbocycles. The SMILES string of the molecule is CCOC(=O)C1(NCc2cccs2)CCCC1CC. The van der Waals surface area contributed by atoms with Gasteiger partial charge in [0.15, 0.2) is 0 Å². The lowest BCUT2D eigenvalue weighted by Crippen LogP contribution is -2.55. The molecule has 4 heteroatoms. The first kappa shape index (κ1) is 14.5. The molecular weight excluding hydrogens is 258 g/mol. The van der Waals surface area contributed by atoms with Gasteiger partial charge < -0.3 is 4.74 Å². The summed E-state index contributed by atoms with van der Waals surface area (Å²) in [4.78, 5) is 13.7. The second-order valence-electron chi connectivity index (χ2n) is 5.12. The molecule has 1 N–H and O–H groups in total. The van der Waals surface area contributed by atoms with Gasteiger partial charge in [0.05, 0.1) is 6.61 Å². The zero-order valence-corrected chi connectivity index (χ0v) is 12.6. The van der Waals surface area contributed by atoms with E-state index in [1.807, 2.05) is 13.0 Å². The van der Waals surface area contributed by atoms with Gasteiger partial charge in [-0.2, -0.15) is 0 Å². The number of carbonyl (C=O) groups excluding carboxylic acids is 1. The molecule has 1 heterocycles. The predicted octanol–water partition coefficient (Wildman–Crippen LogP) is 3.35. The fourth-order valence-electron chi connectivity index (χ4n) is 3.12. The lowest BCUT2D eigenvalue weighted by molar-refractivity contribution is -0.153. The Balaban J connectivity index is 2.11. The maximum atomic E-state index is 12.4. The Bertz CT molecular complexity index is 404. The van der Waals surface area contributed by atoms with Crippen molar-refractivity contribution in [1.29, 1.82) is 0 Å². The van der Waals surface area contributed by atoms with Gasteiger partial charge in [0.1, 0.15) is 5.54 Å². The van der Waals surface area contributed by atoms with Crippen LogP contribution in [-0.4, -0.2) is 18.1 Å². The van der Waals surface area contributed by atoms with E-state index >= 15 is 0 Å². The van der Waals surface area contributed by atoms with Gasteiger partial charge in [-0.25, -0.2) is 0 Å². The Labute approximate surface area is 119 Å². The van der Waals surface area contributed by atoms with E-state index in [0.29, 0.717) is 12.5 Å². The Kier molecular flexibility index (Phi) is 4.99. The minimum absolute atomic E-state index is 0.0593. The van der Waals surface area contributed by atoms with Crippen LogP contribution < -0.4 is 5.32 Å². The molecule has 0 amide bonds. The molecule has 19 heavy (non-hydrogen) atoms. The molecule has 1 aromatic rings. The lowest BCUT2D eigenvalue weighted by Gasteiger charge is -2.33. The van der Waals surface area contributed by atoms with Crippen LogP contribution >= 0.6 is 11.3 Å². The summed E-state index contributed by atoms with van der Waals surface area (Å²) in [5.74, 6) is 0.336. The quantitative estimate of drug-likeness (QED) is 0.813. The minimum Gasteiger partial charge on any atom is -0.465 e. The van der Waals surface area contributed by atoms with E-state index in [-0.39, 0.29) is 5.97 Å². The zero-order chi connectivity index (χ0) is 13.7. The first-order valence-electron chi connectivity index (χ1n) is 7.17. The molecule has 2 unspecified atom stereocenters. The second kappa shape index (κ2) is 6.53. The number of hydrogen-bond acceptors (Lipinski definition) is 4. The number of rotatable bonds is 6. The van der Waals surface area contributed by atoms with Gasteiger partial charge in [0.25, 0.3) is 0 Å². The summed E-state index contributed by atoms with van der Waals surface area (Å²) in [7, 11) is 0. The normalized spacial score (nSPS) is 26.5. The van der Waals surface area contributed by atoms with Crippen LogP contribution in [0, 0.1) is 5.92 Å². The first-order chi connectivity index (χ1) is 9.23. The molecule has 1 saturated carbocycles. The average molecular weight is 281 g/mol. The Hall–Kier alpha value is -0.870. The van der Waals surface area contributed by atoms with Crippen LogP contribution in [0.4, 0.5) is 0 Å². The number of ether oxygens (including phenoxy) is 1. The highest BCUT2D eigenvalue weighted by Gasteiger charge is 2.48. The standard InChI is InChI=1S/C15H23NO2S/c1-3-12-7-5-9-15(12,14(17)18-4-2)16-11-13-8-6-10-19-13/h6,8,10,12,16H,3-5,7,9,11H2,1-2H3. The van der Waals surface area contributed by atoms with Gasteiger partial charge in [-0.05, 0) is 37.1 Å². The monoisotopic (exact) mass is 281 g/mol. The molecule has 2 rings (SSSR count). The molecule has 0 spiro atoms. The predicted molar refractivity (Wildman–Crippen MR) is 78.2 cm³/mol. The van der Waals surface area contributed by atoms with Crippen LogP contribution in [0.3, 0.4) is 0 Å². The van der Waals surface area contributed by atoms with E-state index in [1.165, 1.54) is 4.88 Å². The molecule has 106 valence electrons. The zero-order valence-electron chi connectivity index (χ0n) is 11.8. The Morgan fingerprint density at radius 3 is 3.05 bits per heavy atom. The highest BCUT2D eigenvalue weighted by molar-refractivity contribution is 7.09. The van der Waals surface area contributed by atoms with Crippen molar-refractivity contribution >= 4 is 17.3 Å². The van der Waals surface area contributed by atoms with Crippen molar-refractivity contribution in [3.05, 3.63) is 22.4 Å². The molecule has 0 aliphatic heterocycles. The van der Waals surface area contributed by atoms with Crippen molar-refractivity contribution in [3.8, 4) is 0 Å². The summed E-state index contributed by atoms with van der Waals surface area (Å²) in [6, 6.07) is 4.15. The lowest BCUT2D eigenvalue weighted by atomic mass is 9.85. The third-order valence-electron chi connectivity index (χ3n) is 4.11. The van der Waals surface area contributed by atoms with Crippen LogP contribution in [0.1, 0.15) is 44.4 Å². The fraction of sp³-hybridized carbons (Fsp3) is 0.667. The third-order valence-corrected chi connectivity index (χ3v) is 4.99. The number of thiophene rings is 1. The minimum atomic E-state index is -0.464. The summed E-state index contributed by atoms with van der Waals surface area (Å²) in [6.45, 7) is 5.25. The molecule has 1 aromatic heterocycles. The van der Waals surface area contributed by atoms with E-state index in [0.717, 1.165) is 32.2 Å². The van der Waals surface area contributed by atoms with Gasteiger partial charge in [-0.1, -0.05) is 25.8 Å². The maximum Gasteiger partial charge on any atom is 0.326 e. The van der Waals surface area contributed by atoms with E-state index in [9.17, 15) is 4.79 Å². The van der Waals surface area contributed by atoms with Gasteiger partial charge in [-0.15, -0.1) is 11.3 Å². The van der Waals surface area contributed by atoms with Crippen molar-refractivity contribution in [2.45, 2.75) is 51.6 Å². The van der Waals surface area contributed by atoms with Crippen LogP contribution in [-0.2, 0) is 16.1 Å². The number of carbonyl (C=O) groups is 1. The van der Waals surface area contributed by atoms with Crippen molar-refractivity contribution < 1.29 is 9.53 Å². The second-order valence-corrected chi connectivity index (χ2v) is 6.15. The molecule has 1 fully saturated rings. The van der Waals surface area contributed by atoms with E-state index < -0.39 is 5.54 Å². The van der Waals surface area contributed by atoms with Crippen molar-refractivity contribution in [2.24, 2.45) is 5.92 Å². The van der Waals surface area contributed by atoms with Crippen molar-refractivity contribution in [2.75, 3.05) is 6.61 Å². The highest BCUT2D eigenvalue weighted by atomic mass is 32.1. The Morgan fingerprint density at radius 2 is 2.42 bits per heavy atom. The molecule has 3 nitrogen and oxygen atoms in total. The van der Waals surface area contributed by atoms with E-state index in [4.69, 9.17) is 4.74 Å². The van der Waals surface area contributed by atoms with Gasteiger partial charge in [0, 0.05) is 11.4 Å². The molecule has 0 bridgehead atoms. The van der Waals surface area contributed by atoms with Crippen molar-refractivity contribution in [3.63, 3.8) is 0 Å².